The molecule has 0 bridgehead atoms. The van der Waals surface area contributed by atoms with Crippen LogP contribution < -0.4 is 9.80 Å². The molecule has 3 aromatic heterocycles. The van der Waals surface area contributed by atoms with Crippen LogP contribution in [0, 0.1) is 20.8 Å². The van der Waals surface area contributed by atoms with E-state index >= 15 is 0 Å². The first-order valence-electron chi connectivity index (χ1n) is 9.94. The van der Waals surface area contributed by atoms with Gasteiger partial charge in [-0.05, 0) is 46.1 Å². The summed E-state index contributed by atoms with van der Waals surface area (Å²) in [4.78, 5) is 20.5. The topological polar surface area (TPSA) is 63.0 Å². The average molecular weight is 396 g/mol. The Morgan fingerprint density at radius 3 is 2.32 bits per heavy atom. The second kappa shape index (κ2) is 6.84. The largest absolute Gasteiger partial charge is 0.353 e. The van der Waals surface area contributed by atoms with Crippen LogP contribution in [0.4, 0.5) is 10.9 Å². The number of anilines is 2. The van der Waals surface area contributed by atoms with Gasteiger partial charge in [-0.2, -0.15) is 5.10 Å². The van der Waals surface area contributed by atoms with Crippen molar-refractivity contribution < 1.29 is 0 Å². The Morgan fingerprint density at radius 1 is 0.857 bits per heavy atom. The Labute approximate surface area is 169 Å². The maximum absolute atomic E-state index is 4.88. The first-order chi connectivity index (χ1) is 13.6. The fourth-order valence-corrected chi connectivity index (χ4v) is 5.31. The molecule has 3 aromatic rings. The summed E-state index contributed by atoms with van der Waals surface area (Å²) >= 11 is 1.89. The molecule has 0 N–H and O–H groups in total. The van der Waals surface area contributed by atoms with Crippen molar-refractivity contribution in [3.63, 3.8) is 0 Å². The van der Waals surface area contributed by atoms with Crippen molar-refractivity contribution in [1.82, 2.24) is 24.7 Å². The van der Waals surface area contributed by atoms with Crippen molar-refractivity contribution in [2.24, 2.45) is 0 Å². The van der Waals surface area contributed by atoms with E-state index in [1.807, 2.05) is 29.9 Å². The van der Waals surface area contributed by atoms with E-state index in [1.54, 1.807) is 0 Å². The highest BCUT2D eigenvalue weighted by molar-refractivity contribution is 7.15. The number of nitrogens with zero attached hydrogens (tertiary/aromatic N) is 7. The van der Waals surface area contributed by atoms with Crippen LogP contribution in [0.1, 0.15) is 34.2 Å². The summed E-state index contributed by atoms with van der Waals surface area (Å²) in [6, 6.07) is 4.13. The molecule has 28 heavy (non-hydrogen) atoms. The fraction of sp³-hybridized carbons (Fsp3) is 0.500. The molecule has 0 atom stereocenters. The molecule has 0 unspecified atom stereocenters. The van der Waals surface area contributed by atoms with Gasteiger partial charge in [0.1, 0.15) is 11.6 Å². The molecule has 0 saturated carbocycles. The fourth-order valence-electron chi connectivity index (χ4n) is 4.11. The molecule has 0 amide bonds. The first kappa shape index (κ1) is 17.6. The molecule has 0 radical (unpaired) electrons. The minimum atomic E-state index is 0.777. The van der Waals surface area contributed by atoms with Gasteiger partial charge in [0.25, 0.3) is 0 Å². The van der Waals surface area contributed by atoms with E-state index in [-0.39, 0.29) is 0 Å². The molecule has 5 rings (SSSR count). The zero-order valence-corrected chi connectivity index (χ0v) is 17.5. The lowest BCUT2D eigenvalue weighted by Crippen LogP contribution is -2.47. The molecule has 1 aliphatic heterocycles. The third kappa shape index (κ3) is 3.15. The van der Waals surface area contributed by atoms with Crippen molar-refractivity contribution >= 4 is 22.3 Å². The van der Waals surface area contributed by atoms with Gasteiger partial charge in [-0.25, -0.2) is 19.6 Å². The van der Waals surface area contributed by atoms with Gasteiger partial charge in [0.15, 0.2) is 10.9 Å². The second-order valence-corrected chi connectivity index (χ2v) is 8.73. The molecule has 1 fully saturated rings. The Balaban J connectivity index is 1.34. The third-order valence-corrected chi connectivity index (χ3v) is 6.71. The highest BCUT2D eigenvalue weighted by Gasteiger charge is 2.24. The van der Waals surface area contributed by atoms with Gasteiger partial charge >= 0.3 is 0 Å². The maximum Gasteiger partial charge on any atom is 0.185 e. The van der Waals surface area contributed by atoms with Crippen molar-refractivity contribution in [1.29, 1.82) is 0 Å². The highest BCUT2D eigenvalue weighted by atomic mass is 32.1. The summed E-state index contributed by atoms with van der Waals surface area (Å²) in [6.07, 6.45) is 3.64. The lowest BCUT2D eigenvalue weighted by molar-refractivity contribution is 0.642. The molecule has 0 spiro atoms. The van der Waals surface area contributed by atoms with Gasteiger partial charge in [-0.3, -0.25) is 0 Å². The summed E-state index contributed by atoms with van der Waals surface area (Å²) in [5.74, 6) is 2.60. The second-order valence-electron chi connectivity index (χ2n) is 7.66. The normalized spacial score (nSPS) is 16.7. The van der Waals surface area contributed by atoms with Gasteiger partial charge in [0.05, 0.1) is 11.4 Å². The third-order valence-electron chi connectivity index (χ3n) is 5.50. The number of aryl methyl sites for hydroxylation is 5. The Morgan fingerprint density at radius 2 is 1.61 bits per heavy atom. The summed E-state index contributed by atoms with van der Waals surface area (Å²) in [5.41, 5.74) is 3.42. The number of fused-ring (bicyclic) bond motifs is 1. The van der Waals surface area contributed by atoms with Crippen molar-refractivity contribution in [3.8, 4) is 5.82 Å². The molecular formula is C20H25N7S. The van der Waals surface area contributed by atoms with E-state index in [9.17, 15) is 0 Å². The Bertz CT molecular complexity index is 992. The van der Waals surface area contributed by atoms with Crippen molar-refractivity contribution in [2.45, 2.75) is 40.0 Å². The summed E-state index contributed by atoms with van der Waals surface area (Å²) in [6.45, 7) is 9.85. The summed E-state index contributed by atoms with van der Waals surface area (Å²) < 4.78 is 1.90. The number of aromatic nitrogens is 5. The molecule has 2 aliphatic rings. The lowest BCUT2D eigenvalue weighted by Gasteiger charge is -2.35. The Hall–Kier alpha value is -2.48. The van der Waals surface area contributed by atoms with Crippen LogP contribution in [0.2, 0.25) is 0 Å². The minimum absolute atomic E-state index is 0.777. The SMILES string of the molecule is Cc1cc(C)n(-c2cc(N3CCN(c4nc5c(s4)CCC5)CC3)nc(C)n2)n1. The van der Waals surface area contributed by atoms with E-state index in [0.717, 1.165) is 61.4 Å². The highest BCUT2D eigenvalue weighted by Crippen LogP contribution is 2.33. The number of thiazole rings is 1. The van der Waals surface area contributed by atoms with Crippen LogP contribution >= 0.6 is 11.3 Å². The average Bonchev–Trinajstić information content (AvgIpc) is 3.36. The molecule has 8 heteroatoms. The number of hydrogen-bond donors (Lipinski definition) is 0. The summed E-state index contributed by atoms with van der Waals surface area (Å²) in [7, 11) is 0. The number of hydrogen-bond acceptors (Lipinski definition) is 7. The number of rotatable bonds is 3. The lowest BCUT2D eigenvalue weighted by atomic mass is 10.3. The molecule has 146 valence electrons. The zero-order valence-electron chi connectivity index (χ0n) is 16.6. The van der Waals surface area contributed by atoms with E-state index in [0.29, 0.717) is 0 Å². The zero-order chi connectivity index (χ0) is 19.3. The standard InChI is InChI=1S/C20H25N7S/c1-13-11-14(2)27(24-13)19-12-18(21-15(3)22-19)25-7-9-26(10-8-25)20-23-16-5-4-6-17(16)28-20/h11-12H,4-10H2,1-3H3. The predicted octanol–water partition coefficient (Wildman–Crippen LogP) is 2.86. The van der Waals surface area contributed by atoms with E-state index in [2.05, 4.69) is 38.9 Å². The van der Waals surface area contributed by atoms with Crippen LogP contribution in [0.3, 0.4) is 0 Å². The van der Waals surface area contributed by atoms with E-state index in [1.165, 1.54) is 28.5 Å². The molecule has 0 aromatic carbocycles. The van der Waals surface area contributed by atoms with E-state index in [4.69, 9.17) is 9.97 Å². The first-order valence-corrected chi connectivity index (χ1v) is 10.8. The van der Waals surface area contributed by atoms with Gasteiger partial charge in [0.2, 0.25) is 0 Å². The smallest absolute Gasteiger partial charge is 0.185 e. The molecule has 1 saturated heterocycles. The van der Waals surface area contributed by atoms with Gasteiger partial charge in [-0.1, -0.05) is 0 Å². The molecule has 4 heterocycles. The van der Waals surface area contributed by atoms with Crippen LogP contribution in [-0.2, 0) is 12.8 Å². The quantitative estimate of drug-likeness (QED) is 0.680. The monoisotopic (exact) mass is 395 g/mol. The molecule has 7 nitrogen and oxygen atoms in total. The van der Waals surface area contributed by atoms with Crippen molar-refractivity contribution in [3.05, 3.63) is 39.9 Å². The van der Waals surface area contributed by atoms with Crippen LogP contribution in [0.15, 0.2) is 12.1 Å². The minimum Gasteiger partial charge on any atom is -0.353 e. The van der Waals surface area contributed by atoms with Gasteiger partial charge in [-0.15, -0.1) is 11.3 Å². The predicted molar refractivity (Wildman–Crippen MR) is 112 cm³/mol. The van der Waals surface area contributed by atoms with Gasteiger partial charge in [0, 0.05) is 42.8 Å². The summed E-state index contributed by atoms with van der Waals surface area (Å²) in [5, 5.41) is 5.78. The molecular weight excluding hydrogens is 370 g/mol. The van der Waals surface area contributed by atoms with Crippen molar-refractivity contribution in [2.75, 3.05) is 36.0 Å². The van der Waals surface area contributed by atoms with Crippen LogP contribution in [0.25, 0.3) is 5.82 Å². The van der Waals surface area contributed by atoms with E-state index < -0.39 is 0 Å². The number of piperazine rings is 1. The Kier molecular flexibility index (Phi) is 4.30. The maximum atomic E-state index is 4.88. The van der Waals surface area contributed by atoms with Crippen LogP contribution in [-0.4, -0.2) is 50.9 Å². The van der Waals surface area contributed by atoms with Gasteiger partial charge < -0.3 is 9.80 Å². The van der Waals surface area contributed by atoms with Crippen LogP contribution in [0.5, 0.6) is 0 Å². The molecule has 1 aliphatic carbocycles.